The van der Waals surface area contributed by atoms with Gasteiger partial charge in [0, 0.05) is 10.6 Å². The van der Waals surface area contributed by atoms with Crippen LogP contribution in [-0.4, -0.2) is 22.8 Å². The van der Waals surface area contributed by atoms with E-state index in [-0.39, 0.29) is 12.5 Å². The fraction of sp³-hybridized carbons (Fsp3) is 0.167. The molecule has 7 heteroatoms. The molecular weight excluding hydrogens is 344 g/mol. The zero-order chi connectivity index (χ0) is 17.6. The molecule has 1 heterocycles. The normalized spacial score (nSPS) is 11.8. The van der Waals surface area contributed by atoms with Gasteiger partial charge in [-0.15, -0.1) is 10.2 Å². The maximum atomic E-state index is 11.9. The first-order valence-corrected chi connectivity index (χ1v) is 7.96. The van der Waals surface area contributed by atoms with Crippen molar-refractivity contribution in [3.8, 4) is 17.2 Å². The highest BCUT2D eigenvalue weighted by Crippen LogP contribution is 2.22. The van der Waals surface area contributed by atoms with Crippen molar-refractivity contribution in [3.63, 3.8) is 0 Å². The molecule has 3 aromatic rings. The van der Waals surface area contributed by atoms with Crippen molar-refractivity contribution in [2.75, 3.05) is 6.61 Å². The zero-order valence-corrected chi connectivity index (χ0v) is 14.1. The molecule has 0 saturated heterocycles. The van der Waals surface area contributed by atoms with Gasteiger partial charge in [0.05, 0.1) is 0 Å². The first-order chi connectivity index (χ1) is 12.1. The van der Waals surface area contributed by atoms with Gasteiger partial charge in [-0.25, -0.2) is 4.79 Å². The van der Waals surface area contributed by atoms with Crippen molar-refractivity contribution < 1.29 is 18.7 Å². The summed E-state index contributed by atoms with van der Waals surface area (Å²) in [4.78, 5) is 11.9. The Kier molecular flexibility index (Phi) is 5.30. The Morgan fingerprint density at radius 1 is 1.12 bits per heavy atom. The fourth-order valence-corrected chi connectivity index (χ4v) is 2.18. The van der Waals surface area contributed by atoms with E-state index < -0.39 is 12.1 Å². The summed E-state index contributed by atoms with van der Waals surface area (Å²) >= 11 is 5.79. The van der Waals surface area contributed by atoms with Gasteiger partial charge >= 0.3 is 5.97 Å². The number of ether oxygens (including phenoxy) is 2. The van der Waals surface area contributed by atoms with Gasteiger partial charge in [-0.2, -0.15) is 0 Å². The SMILES string of the molecule is C[C@H](OC(=O)COc1ccc(Cl)cc1)c1nnc(-c2ccccc2)o1. The number of carbonyl (C=O) groups is 1. The van der Waals surface area contributed by atoms with Gasteiger partial charge in [-0.1, -0.05) is 29.8 Å². The Bertz CT molecular complexity index is 834. The van der Waals surface area contributed by atoms with E-state index >= 15 is 0 Å². The lowest BCUT2D eigenvalue weighted by Crippen LogP contribution is -2.17. The minimum absolute atomic E-state index is 0.221. The number of halogens is 1. The third-order valence-corrected chi connectivity index (χ3v) is 3.54. The number of esters is 1. The largest absolute Gasteiger partial charge is 0.482 e. The van der Waals surface area contributed by atoms with Crippen LogP contribution in [0.1, 0.15) is 18.9 Å². The summed E-state index contributed by atoms with van der Waals surface area (Å²) in [5.74, 6) is 0.578. The molecule has 0 fully saturated rings. The zero-order valence-electron chi connectivity index (χ0n) is 13.4. The summed E-state index contributed by atoms with van der Waals surface area (Å²) in [7, 11) is 0. The summed E-state index contributed by atoms with van der Waals surface area (Å²) in [6.45, 7) is 1.42. The molecule has 0 unspecified atom stereocenters. The molecule has 0 aliphatic carbocycles. The van der Waals surface area contributed by atoms with Crippen LogP contribution in [0.3, 0.4) is 0 Å². The molecule has 0 bridgehead atoms. The van der Waals surface area contributed by atoms with Gasteiger partial charge in [0.15, 0.2) is 12.7 Å². The number of benzene rings is 2. The Morgan fingerprint density at radius 3 is 2.56 bits per heavy atom. The number of aromatic nitrogens is 2. The molecule has 128 valence electrons. The second-order valence-corrected chi connectivity index (χ2v) is 5.62. The molecule has 3 rings (SSSR count). The smallest absolute Gasteiger partial charge is 0.344 e. The molecule has 0 aliphatic heterocycles. The van der Waals surface area contributed by atoms with Gasteiger partial charge in [0.25, 0.3) is 5.89 Å². The maximum absolute atomic E-state index is 11.9. The highest BCUT2D eigenvalue weighted by Gasteiger charge is 2.19. The van der Waals surface area contributed by atoms with E-state index in [1.165, 1.54) is 0 Å². The molecule has 0 radical (unpaired) electrons. The standard InChI is InChI=1S/C18H15ClN2O4/c1-12(17-20-21-18(25-17)13-5-3-2-4-6-13)24-16(22)11-23-15-9-7-14(19)8-10-15/h2-10,12H,11H2,1H3/t12-/m0/s1. The number of carbonyl (C=O) groups excluding carboxylic acids is 1. The molecule has 6 nitrogen and oxygen atoms in total. The summed E-state index contributed by atoms with van der Waals surface area (Å²) in [5, 5.41) is 8.48. The molecule has 2 aromatic carbocycles. The van der Waals surface area contributed by atoms with Crippen LogP contribution < -0.4 is 4.74 Å². The van der Waals surface area contributed by atoms with Crippen molar-refractivity contribution >= 4 is 17.6 Å². The first kappa shape index (κ1) is 17.0. The predicted molar refractivity (Wildman–Crippen MR) is 91.2 cm³/mol. The lowest BCUT2D eigenvalue weighted by molar-refractivity contribution is -0.152. The van der Waals surface area contributed by atoms with E-state index in [0.717, 1.165) is 5.56 Å². The molecule has 0 spiro atoms. The molecule has 0 saturated carbocycles. The summed E-state index contributed by atoms with van der Waals surface area (Å²) in [6.07, 6.45) is -0.675. The number of nitrogens with zero attached hydrogens (tertiary/aromatic N) is 2. The summed E-state index contributed by atoms with van der Waals surface area (Å²) in [5.41, 5.74) is 0.797. The van der Waals surface area contributed by atoms with Crippen molar-refractivity contribution in [1.82, 2.24) is 10.2 Å². The van der Waals surface area contributed by atoms with Crippen LogP contribution in [-0.2, 0) is 9.53 Å². The maximum Gasteiger partial charge on any atom is 0.344 e. The molecule has 25 heavy (non-hydrogen) atoms. The van der Waals surface area contributed by atoms with Crippen molar-refractivity contribution in [2.24, 2.45) is 0 Å². The van der Waals surface area contributed by atoms with E-state index in [0.29, 0.717) is 16.7 Å². The Morgan fingerprint density at radius 2 is 1.84 bits per heavy atom. The van der Waals surface area contributed by atoms with E-state index in [1.807, 2.05) is 30.3 Å². The van der Waals surface area contributed by atoms with Gasteiger partial charge in [-0.05, 0) is 43.3 Å². The molecule has 1 atom stereocenters. The average molecular weight is 359 g/mol. The van der Waals surface area contributed by atoms with Gasteiger partial charge in [0.1, 0.15) is 5.75 Å². The fourth-order valence-electron chi connectivity index (χ4n) is 2.05. The highest BCUT2D eigenvalue weighted by atomic mass is 35.5. The monoisotopic (exact) mass is 358 g/mol. The van der Waals surface area contributed by atoms with Crippen LogP contribution in [0.15, 0.2) is 59.0 Å². The number of hydrogen-bond donors (Lipinski definition) is 0. The predicted octanol–water partition coefficient (Wildman–Crippen LogP) is 4.07. The summed E-state index contributed by atoms with van der Waals surface area (Å²) in [6, 6.07) is 16.0. The molecular formula is C18H15ClN2O4. The topological polar surface area (TPSA) is 74.5 Å². The minimum atomic E-state index is -0.675. The van der Waals surface area contributed by atoms with Crippen molar-refractivity contribution in [1.29, 1.82) is 0 Å². The van der Waals surface area contributed by atoms with Crippen LogP contribution in [0.5, 0.6) is 5.75 Å². The Hall–Kier alpha value is -2.86. The quantitative estimate of drug-likeness (QED) is 0.618. The van der Waals surface area contributed by atoms with Gasteiger partial charge < -0.3 is 13.9 Å². The summed E-state index contributed by atoms with van der Waals surface area (Å²) < 4.78 is 16.1. The van der Waals surface area contributed by atoms with Crippen LogP contribution in [0.4, 0.5) is 0 Å². The van der Waals surface area contributed by atoms with Crippen LogP contribution >= 0.6 is 11.6 Å². The van der Waals surface area contributed by atoms with Crippen LogP contribution in [0.2, 0.25) is 5.02 Å². The average Bonchev–Trinajstić information content (AvgIpc) is 3.12. The van der Waals surface area contributed by atoms with Crippen molar-refractivity contribution in [3.05, 3.63) is 65.5 Å². The number of hydrogen-bond acceptors (Lipinski definition) is 6. The second kappa shape index (κ2) is 7.81. The van der Waals surface area contributed by atoms with E-state index in [9.17, 15) is 4.79 Å². The molecule has 0 amide bonds. The Labute approximate surface area is 149 Å². The molecule has 1 aromatic heterocycles. The van der Waals surface area contributed by atoms with E-state index in [1.54, 1.807) is 31.2 Å². The lowest BCUT2D eigenvalue weighted by atomic mass is 10.2. The second-order valence-electron chi connectivity index (χ2n) is 5.19. The first-order valence-electron chi connectivity index (χ1n) is 7.58. The van der Waals surface area contributed by atoms with Crippen molar-refractivity contribution in [2.45, 2.75) is 13.0 Å². The van der Waals surface area contributed by atoms with Crippen LogP contribution in [0.25, 0.3) is 11.5 Å². The van der Waals surface area contributed by atoms with E-state index in [4.69, 9.17) is 25.5 Å². The number of rotatable bonds is 6. The molecule has 0 aliphatic rings. The van der Waals surface area contributed by atoms with Crippen LogP contribution in [0, 0.1) is 0 Å². The third-order valence-electron chi connectivity index (χ3n) is 3.29. The Balaban J connectivity index is 1.55. The van der Waals surface area contributed by atoms with Gasteiger partial charge in [0.2, 0.25) is 5.89 Å². The third kappa shape index (κ3) is 4.58. The lowest BCUT2D eigenvalue weighted by Gasteiger charge is -2.10. The van der Waals surface area contributed by atoms with Gasteiger partial charge in [-0.3, -0.25) is 0 Å². The minimum Gasteiger partial charge on any atom is -0.482 e. The highest BCUT2D eigenvalue weighted by molar-refractivity contribution is 6.30. The molecule has 0 N–H and O–H groups in total. The van der Waals surface area contributed by atoms with E-state index in [2.05, 4.69) is 10.2 Å².